The standard InChI is InChI=1S/C21H29N5O3S.2H2/c1-4-16-13-19(24-25-20(16)21(27)22-2)23-17-7-5-15(6-8-17)14-26-11-9-18(10-12-26)30(3,28)29;;/h5-8,13,18H,4,9-12,14H2,1-3H3,(H,22,27)(H,23,24);2*1H. The van der Waals surface area contributed by atoms with E-state index in [9.17, 15) is 13.2 Å². The Labute approximate surface area is 181 Å². The smallest absolute Gasteiger partial charge is 0.271 e. The molecule has 1 aromatic heterocycles. The lowest BCUT2D eigenvalue weighted by Gasteiger charge is -2.31. The third-order valence-electron chi connectivity index (χ3n) is 5.47. The second kappa shape index (κ2) is 9.53. The number of sulfone groups is 1. The molecule has 2 heterocycles. The van der Waals surface area contributed by atoms with Gasteiger partial charge in [0.25, 0.3) is 5.91 Å². The molecule has 0 atom stereocenters. The van der Waals surface area contributed by atoms with Gasteiger partial charge < -0.3 is 10.6 Å². The van der Waals surface area contributed by atoms with Crippen LogP contribution in [-0.2, 0) is 22.8 Å². The highest BCUT2D eigenvalue weighted by atomic mass is 32.2. The second-order valence-electron chi connectivity index (χ2n) is 7.66. The van der Waals surface area contributed by atoms with Crippen LogP contribution in [0.5, 0.6) is 0 Å². The van der Waals surface area contributed by atoms with Crippen molar-refractivity contribution < 1.29 is 16.1 Å². The van der Waals surface area contributed by atoms with E-state index in [2.05, 4.69) is 37.9 Å². The van der Waals surface area contributed by atoms with Crippen LogP contribution >= 0.6 is 0 Å². The van der Waals surface area contributed by atoms with Gasteiger partial charge >= 0.3 is 0 Å². The first-order chi connectivity index (χ1) is 14.3. The zero-order valence-corrected chi connectivity index (χ0v) is 18.5. The van der Waals surface area contributed by atoms with Crippen LogP contribution in [0.3, 0.4) is 0 Å². The molecule has 2 N–H and O–H groups in total. The first-order valence-corrected chi connectivity index (χ1v) is 12.1. The van der Waals surface area contributed by atoms with E-state index in [0.717, 1.165) is 30.9 Å². The summed E-state index contributed by atoms with van der Waals surface area (Å²) in [5.74, 6) is 0.353. The number of rotatable bonds is 7. The Bertz CT molecular complexity index is 995. The summed E-state index contributed by atoms with van der Waals surface area (Å²) in [6.45, 7) is 4.37. The molecule has 0 saturated carbocycles. The lowest BCUT2D eigenvalue weighted by Crippen LogP contribution is -2.38. The molecule has 3 rings (SSSR count). The van der Waals surface area contributed by atoms with Gasteiger partial charge in [0, 0.05) is 28.4 Å². The Morgan fingerprint density at radius 3 is 2.43 bits per heavy atom. The van der Waals surface area contributed by atoms with Crippen molar-refractivity contribution in [3.8, 4) is 0 Å². The zero-order valence-electron chi connectivity index (χ0n) is 17.7. The highest BCUT2D eigenvalue weighted by Crippen LogP contribution is 2.21. The molecule has 1 amide bonds. The third kappa shape index (κ3) is 5.54. The summed E-state index contributed by atoms with van der Waals surface area (Å²) in [4.78, 5) is 14.2. The molecule has 0 unspecified atom stereocenters. The van der Waals surface area contributed by atoms with Gasteiger partial charge in [-0.25, -0.2) is 8.42 Å². The van der Waals surface area contributed by atoms with Crippen molar-refractivity contribution in [1.29, 1.82) is 0 Å². The predicted molar refractivity (Wildman–Crippen MR) is 122 cm³/mol. The minimum Gasteiger partial charge on any atom is -0.354 e. The van der Waals surface area contributed by atoms with Crippen LogP contribution in [0.1, 0.15) is 44.2 Å². The van der Waals surface area contributed by atoms with Gasteiger partial charge in [-0.1, -0.05) is 19.1 Å². The molecular weight excluding hydrogens is 402 g/mol. The molecule has 1 fully saturated rings. The lowest BCUT2D eigenvalue weighted by molar-refractivity contribution is 0.0956. The Kier molecular flexibility index (Phi) is 7.04. The second-order valence-corrected chi connectivity index (χ2v) is 9.99. The number of amides is 1. The summed E-state index contributed by atoms with van der Waals surface area (Å²) in [5, 5.41) is 13.8. The number of hydrogen-bond donors (Lipinski definition) is 2. The van der Waals surface area contributed by atoms with Crippen LogP contribution in [0.4, 0.5) is 11.5 Å². The van der Waals surface area contributed by atoms with E-state index in [1.807, 2.05) is 25.1 Å². The van der Waals surface area contributed by atoms with E-state index in [0.29, 0.717) is 30.8 Å². The lowest BCUT2D eigenvalue weighted by atomic mass is 10.1. The van der Waals surface area contributed by atoms with Crippen LogP contribution in [0.15, 0.2) is 30.3 Å². The molecule has 1 aliphatic rings. The van der Waals surface area contributed by atoms with Crippen LogP contribution < -0.4 is 10.6 Å². The topological polar surface area (TPSA) is 104 Å². The van der Waals surface area contributed by atoms with E-state index < -0.39 is 9.84 Å². The third-order valence-corrected chi connectivity index (χ3v) is 7.15. The van der Waals surface area contributed by atoms with Gasteiger partial charge in [-0.15, -0.1) is 10.2 Å². The van der Waals surface area contributed by atoms with E-state index in [-0.39, 0.29) is 14.0 Å². The van der Waals surface area contributed by atoms with Gasteiger partial charge in [-0.05, 0) is 61.7 Å². The van der Waals surface area contributed by atoms with Gasteiger partial charge in [-0.3, -0.25) is 9.69 Å². The van der Waals surface area contributed by atoms with E-state index in [1.165, 1.54) is 11.8 Å². The fourth-order valence-corrected chi connectivity index (χ4v) is 4.73. The quantitative estimate of drug-likeness (QED) is 0.689. The van der Waals surface area contributed by atoms with E-state index >= 15 is 0 Å². The number of hydrogen-bond acceptors (Lipinski definition) is 7. The Morgan fingerprint density at radius 2 is 1.87 bits per heavy atom. The van der Waals surface area contributed by atoms with Crippen LogP contribution in [0, 0.1) is 0 Å². The van der Waals surface area contributed by atoms with Gasteiger partial charge in [0.15, 0.2) is 11.5 Å². The molecule has 1 saturated heterocycles. The normalized spacial score (nSPS) is 15.7. The molecule has 9 heteroatoms. The average molecular weight is 436 g/mol. The number of carbonyl (C=O) groups excluding carboxylic acids is 1. The Hall–Kier alpha value is -2.52. The van der Waals surface area contributed by atoms with Crippen LogP contribution in [-0.4, -0.2) is 61.1 Å². The van der Waals surface area contributed by atoms with Crippen molar-refractivity contribution >= 4 is 27.2 Å². The number of carbonyl (C=O) groups is 1. The van der Waals surface area contributed by atoms with Crippen LogP contribution in [0.25, 0.3) is 0 Å². The van der Waals surface area contributed by atoms with Crippen molar-refractivity contribution in [2.75, 3.05) is 31.7 Å². The van der Waals surface area contributed by atoms with Gasteiger partial charge in [0.05, 0.1) is 5.25 Å². The molecule has 0 spiro atoms. The van der Waals surface area contributed by atoms with Gasteiger partial charge in [0.2, 0.25) is 0 Å². The number of aromatic nitrogens is 2. The minimum absolute atomic E-state index is 0. The molecule has 1 aromatic carbocycles. The summed E-state index contributed by atoms with van der Waals surface area (Å²) < 4.78 is 23.4. The molecule has 0 aliphatic carbocycles. The molecule has 1 aliphatic heterocycles. The number of benzene rings is 1. The summed E-state index contributed by atoms with van der Waals surface area (Å²) >= 11 is 0. The van der Waals surface area contributed by atoms with Crippen LogP contribution in [0.2, 0.25) is 0 Å². The minimum atomic E-state index is -2.94. The molecule has 166 valence electrons. The number of piperidine rings is 1. The maximum Gasteiger partial charge on any atom is 0.271 e. The fourth-order valence-electron chi connectivity index (χ4n) is 3.67. The SMILES string of the molecule is CCc1cc(Nc2ccc(CN3CCC(S(C)(=O)=O)CC3)cc2)nnc1C(=O)NC.[HH].[HH]. The van der Waals surface area contributed by atoms with E-state index in [4.69, 9.17) is 0 Å². The largest absolute Gasteiger partial charge is 0.354 e. The van der Waals surface area contributed by atoms with Crippen molar-refractivity contribution in [2.45, 2.75) is 38.0 Å². The van der Waals surface area contributed by atoms with E-state index in [1.54, 1.807) is 7.05 Å². The first kappa shape index (κ1) is 22.2. The van der Waals surface area contributed by atoms with Gasteiger partial charge in [0.1, 0.15) is 9.84 Å². The number of nitrogens with one attached hydrogen (secondary N) is 2. The zero-order chi connectivity index (χ0) is 21.7. The maximum atomic E-state index is 11.9. The van der Waals surface area contributed by atoms with Crippen molar-refractivity contribution in [2.24, 2.45) is 0 Å². The highest BCUT2D eigenvalue weighted by Gasteiger charge is 2.26. The van der Waals surface area contributed by atoms with Crippen molar-refractivity contribution in [1.82, 2.24) is 20.4 Å². The summed E-state index contributed by atoms with van der Waals surface area (Å²) in [7, 11) is -1.37. The molecule has 2 aromatic rings. The summed E-state index contributed by atoms with van der Waals surface area (Å²) in [6.07, 6.45) is 3.41. The molecular formula is C21H33N5O3S. The Morgan fingerprint density at radius 1 is 1.20 bits per heavy atom. The molecule has 0 bridgehead atoms. The number of likely N-dealkylation sites (tertiary alicyclic amines) is 1. The van der Waals surface area contributed by atoms with Gasteiger partial charge in [-0.2, -0.15) is 0 Å². The first-order valence-electron chi connectivity index (χ1n) is 10.2. The predicted octanol–water partition coefficient (Wildman–Crippen LogP) is 2.64. The Balaban J connectivity index is 0.00000256. The van der Waals surface area contributed by atoms with Crippen molar-refractivity contribution in [3.63, 3.8) is 0 Å². The molecule has 0 radical (unpaired) electrons. The number of anilines is 2. The maximum absolute atomic E-state index is 11.9. The molecule has 8 nitrogen and oxygen atoms in total. The summed E-state index contributed by atoms with van der Waals surface area (Å²) in [6, 6.07) is 9.92. The fraction of sp³-hybridized carbons (Fsp3) is 0.476. The monoisotopic (exact) mass is 435 g/mol. The number of nitrogens with zero attached hydrogens (tertiary/aromatic N) is 3. The summed E-state index contributed by atoms with van der Waals surface area (Å²) in [5.41, 5.74) is 3.24. The highest BCUT2D eigenvalue weighted by molar-refractivity contribution is 7.91. The molecule has 30 heavy (non-hydrogen) atoms. The average Bonchev–Trinajstić information content (AvgIpc) is 2.74. The van der Waals surface area contributed by atoms with Crippen molar-refractivity contribution in [3.05, 3.63) is 47.2 Å². The number of aryl methyl sites for hydroxylation is 1.